The third-order valence-electron chi connectivity index (χ3n) is 1.58. The van der Waals surface area contributed by atoms with Crippen LogP contribution in [-0.4, -0.2) is 16.4 Å². The summed E-state index contributed by atoms with van der Waals surface area (Å²) in [6.45, 7) is -0.615. The first-order valence-corrected chi connectivity index (χ1v) is 3.97. The predicted octanol–water partition coefficient (Wildman–Crippen LogP) is 1.99. The van der Waals surface area contributed by atoms with E-state index < -0.39 is 29.3 Å². The summed E-state index contributed by atoms with van der Waals surface area (Å²) in [5.41, 5.74) is -0.612. The molecule has 0 bridgehead atoms. The molecular formula is C8H6F3NO4. The monoisotopic (exact) mass is 237 g/mol. The van der Waals surface area contributed by atoms with E-state index in [1.807, 2.05) is 0 Å². The van der Waals surface area contributed by atoms with Crippen LogP contribution in [0.25, 0.3) is 0 Å². The fraction of sp³-hybridized carbons (Fsp3) is 0.250. The molecule has 0 saturated heterocycles. The fourth-order valence-corrected chi connectivity index (χ4v) is 1.03. The van der Waals surface area contributed by atoms with Crippen LogP contribution in [0.15, 0.2) is 18.2 Å². The molecule has 0 aliphatic heterocycles. The lowest BCUT2D eigenvalue weighted by Gasteiger charge is -2.09. The van der Waals surface area contributed by atoms with Crippen molar-refractivity contribution in [2.24, 2.45) is 0 Å². The molecule has 0 heterocycles. The molecule has 0 spiro atoms. The Morgan fingerprint density at radius 1 is 1.38 bits per heavy atom. The van der Waals surface area contributed by atoms with Gasteiger partial charge in [0.2, 0.25) is 0 Å². The molecule has 0 radical (unpaired) electrons. The number of non-ortho nitro benzene ring substituents is 1. The van der Waals surface area contributed by atoms with Crippen molar-refractivity contribution in [3.05, 3.63) is 33.9 Å². The van der Waals surface area contributed by atoms with Gasteiger partial charge >= 0.3 is 6.36 Å². The van der Waals surface area contributed by atoms with Crippen LogP contribution in [0.2, 0.25) is 0 Å². The highest BCUT2D eigenvalue weighted by atomic mass is 19.4. The number of benzene rings is 1. The first kappa shape index (κ1) is 12.2. The van der Waals surface area contributed by atoms with Gasteiger partial charge in [0.05, 0.1) is 17.6 Å². The minimum atomic E-state index is -4.93. The van der Waals surface area contributed by atoms with Gasteiger partial charge in [-0.05, 0) is 11.6 Å². The number of nitro groups is 1. The maximum absolute atomic E-state index is 11.9. The Morgan fingerprint density at radius 3 is 2.44 bits per heavy atom. The van der Waals surface area contributed by atoms with E-state index in [2.05, 4.69) is 4.74 Å². The van der Waals surface area contributed by atoms with Crippen molar-refractivity contribution in [1.82, 2.24) is 0 Å². The number of hydrogen-bond acceptors (Lipinski definition) is 4. The number of nitro benzene ring substituents is 1. The van der Waals surface area contributed by atoms with Crippen LogP contribution in [0.5, 0.6) is 5.75 Å². The predicted molar refractivity (Wildman–Crippen MR) is 45.7 cm³/mol. The molecule has 1 aromatic carbocycles. The van der Waals surface area contributed by atoms with Crippen LogP contribution in [0.4, 0.5) is 18.9 Å². The van der Waals surface area contributed by atoms with E-state index in [0.717, 1.165) is 12.1 Å². The van der Waals surface area contributed by atoms with Crippen LogP contribution in [0, 0.1) is 10.1 Å². The lowest BCUT2D eigenvalue weighted by atomic mass is 10.2. The van der Waals surface area contributed by atoms with Crippen molar-refractivity contribution in [1.29, 1.82) is 0 Å². The Hall–Kier alpha value is -1.83. The molecule has 16 heavy (non-hydrogen) atoms. The Kier molecular flexibility index (Phi) is 3.33. The van der Waals surface area contributed by atoms with Gasteiger partial charge in [0.25, 0.3) is 5.69 Å². The fourth-order valence-electron chi connectivity index (χ4n) is 1.03. The quantitative estimate of drug-likeness (QED) is 0.644. The molecule has 1 N–H and O–H groups in total. The van der Waals surface area contributed by atoms with E-state index in [1.165, 1.54) is 0 Å². The van der Waals surface area contributed by atoms with Gasteiger partial charge in [-0.15, -0.1) is 13.2 Å². The molecular weight excluding hydrogens is 231 g/mol. The molecule has 8 heteroatoms. The standard InChI is InChI=1S/C8H6F3NO4/c9-8(10,11)16-7-2-5(4-13)1-6(3-7)12(14)15/h1-3,13H,4H2. The second kappa shape index (κ2) is 4.35. The van der Waals surface area contributed by atoms with E-state index >= 15 is 0 Å². The van der Waals surface area contributed by atoms with Gasteiger partial charge in [0.15, 0.2) is 0 Å². The first-order chi connectivity index (χ1) is 7.31. The van der Waals surface area contributed by atoms with Gasteiger partial charge in [0.1, 0.15) is 5.75 Å². The minimum Gasteiger partial charge on any atom is -0.406 e. The molecule has 0 aliphatic carbocycles. The van der Waals surface area contributed by atoms with Crippen molar-refractivity contribution >= 4 is 5.69 Å². The summed E-state index contributed by atoms with van der Waals surface area (Å²) in [4.78, 5) is 9.50. The van der Waals surface area contributed by atoms with Crippen molar-refractivity contribution in [3.63, 3.8) is 0 Å². The largest absolute Gasteiger partial charge is 0.573 e. The topological polar surface area (TPSA) is 72.6 Å². The molecule has 1 rings (SSSR count). The zero-order valence-corrected chi connectivity index (χ0v) is 7.69. The molecule has 0 amide bonds. The summed E-state index contributed by atoms with van der Waals surface area (Å²) >= 11 is 0. The summed E-state index contributed by atoms with van der Waals surface area (Å²) in [6.07, 6.45) is -4.93. The van der Waals surface area contributed by atoms with E-state index in [-0.39, 0.29) is 5.56 Å². The van der Waals surface area contributed by atoms with Gasteiger partial charge in [-0.3, -0.25) is 10.1 Å². The molecule has 0 fully saturated rings. The molecule has 0 atom stereocenters. The van der Waals surface area contributed by atoms with Crippen molar-refractivity contribution in [2.75, 3.05) is 0 Å². The Balaban J connectivity index is 3.09. The third-order valence-corrected chi connectivity index (χ3v) is 1.58. The average molecular weight is 237 g/mol. The summed E-state index contributed by atoms with van der Waals surface area (Å²) in [5, 5.41) is 19.1. The SMILES string of the molecule is O=[N+]([O-])c1cc(CO)cc(OC(F)(F)F)c1. The van der Waals surface area contributed by atoms with E-state index in [1.54, 1.807) is 0 Å². The molecule has 0 saturated carbocycles. The van der Waals surface area contributed by atoms with E-state index in [9.17, 15) is 23.3 Å². The van der Waals surface area contributed by atoms with Crippen LogP contribution < -0.4 is 4.74 Å². The van der Waals surface area contributed by atoms with Crippen molar-refractivity contribution < 1.29 is 27.9 Å². The van der Waals surface area contributed by atoms with Crippen LogP contribution in [-0.2, 0) is 6.61 Å². The number of hydrogen-bond donors (Lipinski definition) is 1. The molecule has 0 aromatic heterocycles. The number of alkyl halides is 3. The number of ether oxygens (including phenoxy) is 1. The van der Waals surface area contributed by atoms with Crippen molar-refractivity contribution in [3.8, 4) is 5.75 Å². The van der Waals surface area contributed by atoms with Gasteiger partial charge < -0.3 is 9.84 Å². The van der Waals surface area contributed by atoms with Crippen LogP contribution in [0.3, 0.4) is 0 Å². The number of aliphatic hydroxyl groups is 1. The third kappa shape index (κ3) is 3.39. The zero-order chi connectivity index (χ0) is 12.3. The average Bonchev–Trinajstić information content (AvgIpc) is 2.14. The summed E-state index contributed by atoms with van der Waals surface area (Å²) in [7, 11) is 0. The van der Waals surface area contributed by atoms with E-state index in [0.29, 0.717) is 6.07 Å². The van der Waals surface area contributed by atoms with Crippen molar-refractivity contribution in [2.45, 2.75) is 13.0 Å². The number of halogens is 3. The molecule has 1 aromatic rings. The van der Waals surface area contributed by atoms with Crippen LogP contribution in [0.1, 0.15) is 5.56 Å². The minimum absolute atomic E-state index is 0.0338. The highest BCUT2D eigenvalue weighted by Crippen LogP contribution is 2.27. The smallest absolute Gasteiger partial charge is 0.406 e. The second-order valence-corrected chi connectivity index (χ2v) is 2.80. The van der Waals surface area contributed by atoms with E-state index in [4.69, 9.17) is 5.11 Å². The Labute approximate surface area is 87.2 Å². The molecule has 5 nitrogen and oxygen atoms in total. The summed E-state index contributed by atoms with van der Waals surface area (Å²) < 4.78 is 39.1. The summed E-state index contributed by atoms with van der Waals surface area (Å²) in [6, 6.07) is 2.47. The normalized spacial score (nSPS) is 11.2. The summed E-state index contributed by atoms with van der Waals surface area (Å²) in [5.74, 6) is -0.731. The number of nitrogens with zero attached hydrogens (tertiary/aromatic N) is 1. The second-order valence-electron chi connectivity index (χ2n) is 2.80. The van der Waals surface area contributed by atoms with Gasteiger partial charge in [-0.1, -0.05) is 0 Å². The highest BCUT2D eigenvalue weighted by molar-refractivity contribution is 5.42. The maximum Gasteiger partial charge on any atom is 0.573 e. The Morgan fingerprint density at radius 2 is 2.00 bits per heavy atom. The molecule has 0 unspecified atom stereocenters. The number of rotatable bonds is 3. The highest BCUT2D eigenvalue weighted by Gasteiger charge is 2.31. The van der Waals surface area contributed by atoms with Gasteiger partial charge in [-0.2, -0.15) is 0 Å². The lowest BCUT2D eigenvalue weighted by molar-refractivity contribution is -0.385. The number of aliphatic hydroxyl groups excluding tert-OH is 1. The molecule has 88 valence electrons. The molecule has 0 aliphatic rings. The van der Waals surface area contributed by atoms with Gasteiger partial charge in [-0.25, -0.2) is 0 Å². The lowest BCUT2D eigenvalue weighted by Crippen LogP contribution is -2.17. The van der Waals surface area contributed by atoms with Gasteiger partial charge in [0, 0.05) is 6.07 Å². The zero-order valence-electron chi connectivity index (χ0n) is 7.69. The first-order valence-electron chi connectivity index (χ1n) is 3.97. The van der Waals surface area contributed by atoms with Crippen LogP contribution >= 0.6 is 0 Å². The maximum atomic E-state index is 11.9. The Bertz CT molecular complexity index is 405.